The van der Waals surface area contributed by atoms with Gasteiger partial charge in [-0.25, -0.2) is 13.1 Å². The van der Waals surface area contributed by atoms with Crippen LogP contribution in [-0.4, -0.2) is 28.5 Å². The van der Waals surface area contributed by atoms with Crippen LogP contribution in [0.5, 0.6) is 11.5 Å². The van der Waals surface area contributed by atoms with Crippen LogP contribution in [0.4, 0.5) is 0 Å². The lowest BCUT2D eigenvalue weighted by atomic mass is 10.00. The molecule has 8 heteroatoms. The molecule has 0 spiro atoms. The number of ether oxygens (including phenoxy) is 2. The van der Waals surface area contributed by atoms with Crippen LogP contribution in [0.3, 0.4) is 0 Å². The molecule has 6 nitrogen and oxygen atoms in total. The Kier molecular flexibility index (Phi) is 5.46. The molecule has 3 aromatic rings. The standard InChI is InChI=1S/C22H20BrNO5S/c1-28-18-7-3-6-14-13(18)5-4-8-20(14)30(26,27)24-22(25)16-10-9-15-17(23)11-12-19(29-2)21(15)16/h3-8,11-12,16H,9-10H2,1-2H3,(H,24,25). The van der Waals surface area contributed by atoms with E-state index in [4.69, 9.17) is 9.47 Å². The van der Waals surface area contributed by atoms with E-state index in [9.17, 15) is 13.2 Å². The topological polar surface area (TPSA) is 81.7 Å². The lowest BCUT2D eigenvalue weighted by Gasteiger charge is -2.17. The maximum Gasteiger partial charge on any atom is 0.264 e. The van der Waals surface area contributed by atoms with E-state index in [1.165, 1.54) is 20.3 Å². The van der Waals surface area contributed by atoms with Crippen molar-refractivity contribution in [3.63, 3.8) is 0 Å². The average Bonchev–Trinajstić information content (AvgIpc) is 3.19. The Bertz CT molecular complexity index is 1260. The summed E-state index contributed by atoms with van der Waals surface area (Å²) in [5, 5.41) is 1.15. The van der Waals surface area contributed by atoms with Gasteiger partial charge in [-0.1, -0.05) is 40.2 Å². The Hall–Kier alpha value is -2.58. The van der Waals surface area contributed by atoms with Crippen LogP contribution in [0, 0.1) is 0 Å². The van der Waals surface area contributed by atoms with Gasteiger partial charge in [0.2, 0.25) is 5.91 Å². The number of hydrogen-bond acceptors (Lipinski definition) is 5. The predicted molar refractivity (Wildman–Crippen MR) is 118 cm³/mol. The normalized spacial score (nSPS) is 15.6. The third kappa shape index (κ3) is 3.44. The predicted octanol–water partition coefficient (Wildman–Crippen LogP) is 4.15. The minimum Gasteiger partial charge on any atom is -0.496 e. The molecule has 0 aromatic heterocycles. The Morgan fingerprint density at radius 2 is 1.70 bits per heavy atom. The van der Waals surface area contributed by atoms with Gasteiger partial charge in [-0.2, -0.15) is 0 Å². The van der Waals surface area contributed by atoms with Gasteiger partial charge in [0.15, 0.2) is 0 Å². The fourth-order valence-electron chi connectivity index (χ4n) is 4.05. The maximum atomic E-state index is 13.1. The zero-order chi connectivity index (χ0) is 21.5. The van der Waals surface area contributed by atoms with E-state index < -0.39 is 21.8 Å². The first-order valence-corrected chi connectivity index (χ1v) is 11.6. The second kappa shape index (κ2) is 7.92. The van der Waals surface area contributed by atoms with Crippen molar-refractivity contribution in [2.75, 3.05) is 14.2 Å². The van der Waals surface area contributed by atoms with Crippen LogP contribution in [0.1, 0.15) is 23.5 Å². The molecule has 4 rings (SSSR count). The Balaban J connectivity index is 1.71. The van der Waals surface area contributed by atoms with Gasteiger partial charge in [0.05, 0.1) is 25.0 Å². The fourth-order valence-corrected chi connectivity index (χ4v) is 5.84. The highest BCUT2D eigenvalue weighted by molar-refractivity contribution is 9.10. The van der Waals surface area contributed by atoms with Crippen molar-refractivity contribution in [3.05, 3.63) is 64.1 Å². The summed E-state index contributed by atoms with van der Waals surface area (Å²) in [6.45, 7) is 0. The monoisotopic (exact) mass is 489 g/mol. The summed E-state index contributed by atoms with van der Waals surface area (Å²) >= 11 is 3.51. The molecule has 1 aliphatic carbocycles. The van der Waals surface area contributed by atoms with Gasteiger partial charge in [-0.3, -0.25) is 4.79 Å². The Morgan fingerprint density at radius 1 is 1.00 bits per heavy atom. The molecular formula is C22H20BrNO5S. The van der Waals surface area contributed by atoms with Gasteiger partial charge in [0.1, 0.15) is 11.5 Å². The quantitative estimate of drug-likeness (QED) is 0.581. The van der Waals surface area contributed by atoms with Crippen molar-refractivity contribution in [2.45, 2.75) is 23.7 Å². The number of fused-ring (bicyclic) bond motifs is 2. The van der Waals surface area contributed by atoms with E-state index in [0.717, 1.165) is 15.6 Å². The van der Waals surface area contributed by atoms with E-state index in [-0.39, 0.29) is 4.90 Å². The Labute approximate surface area is 183 Å². The number of amides is 1. The highest BCUT2D eigenvalue weighted by Gasteiger charge is 2.35. The van der Waals surface area contributed by atoms with Crippen molar-refractivity contribution in [2.24, 2.45) is 0 Å². The summed E-state index contributed by atoms with van der Waals surface area (Å²) in [4.78, 5) is 13.1. The molecule has 3 aromatic carbocycles. The number of methoxy groups -OCH3 is 2. The summed E-state index contributed by atoms with van der Waals surface area (Å²) in [6, 6.07) is 13.7. The van der Waals surface area contributed by atoms with E-state index in [1.807, 2.05) is 6.07 Å². The van der Waals surface area contributed by atoms with Crippen LogP contribution in [0.15, 0.2) is 57.9 Å². The molecule has 0 radical (unpaired) electrons. The minimum absolute atomic E-state index is 0.0340. The maximum absolute atomic E-state index is 13.1. The van der Waals surface area contributed by atoms with E-state index in [1.54, 1.807) is 36.4 Å². The molecule has 0 heterocycles. The number of carbonyl (C=O) groups is 1. The third-order valence-corrected chi connectivity index (χ3v) is 7.56. The summed E-state index contributed by atoms with van der Waals surface area (Å²) in [5.74, 6) is -0.0230. The third-order valence-electron chi connectivity index (χ3n) is 5.41. The summed E-state index contributed by atoms with van der Waals surface area (Å²) in [7, 11) is -1.02. The lowest BCUT2D eigenvalue weighted by molar-refractivity contribution is -0.120. The van der Waals surface area contributed by atoms with Crippen LogP contribution >= 0.6 is 15.9 Å². The first kappa shape index (κ1) is 20.7. The SMILES string of the molecule is COc1ccc(Br)c2c1C(C(=O)NS(=O)(=O)c1cccc3c(OC)cccc13)CC2. The first-order valence-electron chi connectivity index (χ1n) is 9.35. The van der Waals surface area contributed by atoms with E-state index >= 15 is 0 Å². The highest BCUT2D eigenvalue weighted by Crippen LogP contribution is 2.43. The largest absolute Gasteiger partial charge is 0.496 e. The van der Waals surface area contributed by atoms with Crippen molar-refractivity contribution >= 4 is 42.6 Å². The lowest BCUT2D eigenvalue weighted by Crippen LogP contribution is -2.34. The molecule has 0 saturated carbocycles. The zero-order valence-corrected chi connectivity index (χ0v) is 18.8. The Morgan fingerprint density at radius 3 is 2.43 bits per heavy atom. The van der Waals surface area contributed by atoms with E-state index in [2.05, 4.69) is 20.7 Å². The molecule has 0 bridgehead atoms. The molecule has 0 fully saturated rings. The van der Waals surface area contributed by atoms with Crippen molar-refractivity contribution in [1.82, 2.24) is 4.72 Å². The van der Waals surface area contributed by atoms with Crippen LogP contribution in [0.25, 0.3) is 10.8 Å². The fraction of sp³-hybridized carbons (Fsp3) is 0.227. The van der Waals surface area contributed by atoms with Crippen molar-refractivity contribution in [3.8, 4) is 11.5 Å². The first-order chi connectivity index (χ1) is 14.4. The van der Waals surface area contributed by atoms with Gasteiger partial charge in [-0.15, -0.1) is 0 Å². The molecule has 156 valence electrons. The second-order valence-electron chi connectivity index (χ2n) is 7.01. The van der Waals surface area contributed by atoms with Crippen molar-refractivity contribution < 1.29 is 22.7 Å². The molecular weight excluding hydrogens is 470 g/mol. The van der Waals surface area contributed by atoms with E-state index in [0.29, 0.717) is 35.1 Å². The molecule has 0 saturated heterocycles. The molecule has 1 N–H and O–H groups in total. The summed E-state index contributed by atoms with van der Waals surface area (Å²) in [6.07, 6.45) is 1.18. The number of rotatable bonds is 5. The molecule has 30 heavy (non-hydrogen) atoms. The second-order valence-corrected chi connectivity index (χ2v) is 9.52. The van der Waals surface area contributed by atoms with Crippen LogP contribution in [-0.2, 0) is 21.2 Å². The summed E-state index contributed by atoms with van der Waals surface area (Å²) < 4.78 is 40.2. The van der Waals surface area contributed by atoms with Gasteiger partial charge in [0.25, 0.3) is 10.0 Å². The number of hydrogen-bond donors (Lipinski definition) is 1. The van der Waals surface area contributed by atoms with Gasteiger partial charge in [-0.05, 0) is 42.7 Å². The number of sulfonamides is 1. The van der Waals surface area contributed by atoms with Gasteiger partial charge in [0, 0.05) is 20.8 Å². The van der Waals surface area contributed by atoms with Gasteiger partial charge < -0.3 is 9.47 Å². The van der Waals surface area contributed by atoms with Gasteiger partial charge >= 0.3 is 0 Å². The van der Waals surface area contributed by atoms with Crippen LogP contribution in [0.2, 0.25) is 0 Å². The molecule has 1 atom stereocenters. The minimum atomic E-state index is -4.09. The number of nitrogens with one attached hydrogen (secondary N) is 1. The highest BCUT2D eigenvalue weighted by atomic mass is 79.9. The molecule has 1 amide bonds. The zero-order valence-electron chi connectivity index (χ0n) is 16.4. The number of benzene rings is 3. The molecule has 1 aliphatic rings. The average molecular weight is 490 g/mol. The van der Waals surface area contributed by atoms with Crippen molar-refractivity contribution in [1.29, 1.82) is 0 Å². The molecule has 0 aliphatic heterocycles. The number of halogens is 1. The van der Waals surface area contributed by atoms with Crippen LogP contribution < -0.4 is 14.2 Å². The summed E-state index contributed by atoms with van der Waals surface area (Å²) in [5.41, 5.74) is 1.71. The molecule has 1 unspecified atom stereocenters. The number of carbonyl (C=O) groups excluding carboxylic acids is 1. The smallest absolute Gasteiger partial charge is 0.264 e.